The quantitative estimate of drug-likeness (QED) is 0.377. The van der Waals surface area contributed by atoms with Gasteiger partial charge in [-0.3, -0.25) is 9.59 Å². The third kappa shape index (κ3) is 6.87. The van der Waals surface area contributed by atoms with E-state index < -0.39 is 0 Å². The van der Waals surface area contributed by atoms with Gasteiger partial charge in [0.25, 0.3) is 5.56 Å². The molecule has 8 heteroatoms. The highest BCUT2D eigenvalue weighted by atomic mass is 16.5. The van der Waals surface area contributed by atoms with Crippen molar-refractivity contribution in [2.24, 2.45) is 5.92 Å². The minimum atomic E-state index is -0.325. The van der Waals surface area contributed by atoms with E-state index in [1.807, 2.05) is 13.0 Å². The number of fused-ring (bicyclic) bond motifs is 1. The zero-order chi connectivity index (χ0) is 26.5. The molecule has 2 aromatic heterocycles. The Bertz CT molecular complexity index is 1270. The molecule has 200 valence electrons. The molecule has 1 fully saturated rings. The summed E-state index contributed by atoms with van der Waals surface area (Å²) >= 11 is 0. The summed E-state index contributed by atoms with van der Waals surface area (Å²) in [7, 11) is 4.11. The van der Waals surface area contributed by atoms with Crippen LogP contribution in [-0.2, 0) is 22.6 Å². The van der Waals surface area contributed by atoms with Crippen LogP contribution in [0.4, 0.5) is 0 Å². The summed E-state index contributed by atoms with van der Waals surface area (Å²) < 4.78 is 8.03. The van der Waals surface area contributed by atoms with Crippen molar-refractivity contribution in [3.8, 4) is 11.4 Å². The van der Waals surface area contributed by atoms with Crippen LogP contribution < -0.4 is 10.9 Å². The third-order valence-electron chi connectivity index (χ3n) is 7.06. The van der Waals surface area contributed by atoms with Gasteiger partial charge in [-0.25, -0.2) is 4.98 Å². The first kappa shape index (κ1) is 27.1. The molecule has 1 aliphatic carbocycles. The number of aryl methyl sites for hydroxylation is 1. The number of rotatable bonds is 11. The molecule has 2 N–H and O–H groups in total. The van der Waals surface area contributed by atoms with E-state index in [2.05, 4.69) is 65.9 Å². The van der Waals surface area contributed by atoms with E-state index in [-0.39, 0.29) is 23.7 Å². The number of esters is 1. The normalized spacial score (nSPS) is 15.2. The predicted octanol–water partition coefficient (Wildman–Crippen LogP) is 4.25. The molecular formula is C29H41N5O3. The number of carbonyl (C=O) groups is 1. The highest BCUT2D eigenvalue weighted by molar-refractivity contribution is 5.81. The first-order valence-electron chi connectivity index (χ1n) is 13.5. The van der Waals surface area contributed by atoms with Crippen molar-refractivity contribution in [1.29, 1.82) is 0 Å². The molecule has 1 aromatic carbocycles. The highest BCUT2D eigenvalue weighted by Gasteiger charge is 2.26. The lowest BCUT2D eigenvalue weighted by atomic mass is 10.0. The van der Waals surface area contributed by atoms with Crippen molar-refractivity contribution in [2.75, 3.05) is 20.6 Å². The molecule has 37 heavy (non-hydrogen) atoms. The van der Waals surface area contributed by atoms with Crippen LogP contribution in [-0.4, -0.2) is 58.2 Å². The zero-order valence-corrected chi connectivity index (χ0v) is 22.8. The largest absolute Gasteiger partial charge is 0.461 e. The van der Waals surface area contributed by atoms with Crippen molar-refractivity contribution in [2.45, 2.75) is 78.1 Å². The molecule has 1 aliphatic rings. The van der Waals surface area contributed by atoms with Crippen LogP contribution in [0.1, 0.15) is 57.1 Å². The van der Waals surface area contributed by atoms with E-state index in [0.29, 0.717) is 18.0 Å². The van der Waals surface area contributed by atoms with Crippen LogP contribution in [0.15, 0.2) is 35.3 Å². The standard InChI is InChI=1S/C29H41N5O3/c1-19(2)14-25(29(36)37-23-8-6-7-9-23)30-17-21-10-11-26-24(16-21)32-27(34(26)13-12-33(4)5)22-15-20(3)28(35)31-18-22/h10-11,15-16,18-19,23,25,30H,6-9,12-14,17H2,1-5H3,(H,31,35). The molecule has 0 saturated heterocycles. The van der Waals surface area contributed by atoms with Gasteiger partial charge in [0.15, 0.2) is 0 Å². The second-order valence-electron chi connectivity index (χ2n) is 11.0. The molecule has 0 aliphatic heterocycles. The molecule has 8 nitrogen and oxygen atoms in total. The first-order valence-corrected chi connectivity index (χ1v) is 13.5. The number of benzene rings is 1. The molecule has 0 spiro atoms. The summed E-state index contributed by atoms with van der Waals surface area (Å²) in [6.07, 6.45) is 6.78. The minimum Gasteiger partial charge on any atom is -0.461 e. The lowest BCUT2D eigenvalue weighted by Gasteiger charge is -2.22. The van der Waals surface area contributed by atoms with Crippen LogP contribution in [0, 0.1) is 12.8 Å². The van der Waals surface area contributed by atoms with Gasteiger partial charge >= 0.3 is 5.97 Å². The summed E-state index contributed by atoms with van der Waals surface area (Å²) in [5, 5.41) is 3.46. The van der Waals surface area contributed by atoms with Gasteiger partial charge in [0.1, 0.15) is 18.0 Å². The van der Waals surface area contributed by atoms with Crippen molar-refractivity contribution in [1.82, 2.24) is 24.8 Å². The van der Waals surface area contributed by atoms with Gasteiger partial charge in [-0.05, 0) is 82.8 Å². The predicted molar refractivity (Wildman–Crippen MR) is 148 cm³/mol. The molecule has 3 aromatic rings. The van der Waals surface area contributed by atoms with E-state index in [1.54, 1.807) is 6.20 Å². The van der Waals surface area contributed by atoms with Crippen molar-refractivity contribution < 1.29 is 9.53 Å². The van der Waals surface area contributed by atoms with Gasteiger partial charge in [-0.1, -0.05) is 19.9 Å². The Morgan fingerprint density at radius 3 is 2.68 bits per heavy atom. The van der Waals surface area contributed by atoms with Gasteiger partial charge in [0.05, 0.1) is 11.0 Å². The summed E-state index contributed by atoms with van der Waals surface area (Å²) in [6, 6.07) is 7.85. The van der Waals surface area contributed by atoms with Crippen molar-refractivity contribution in [3.63, 3.8) is 0 Å². The highest BCUT2D eigenvalue weighted by Crippen LogP contribution is 2.26. The van der Waals surface area contributed by atoms with E-state index in [0.717, 1.165) is 73.2 Å². The summed E-state index contributed by atoms with van der Waals surface area (Å²) in [4.78, 5) is 34.8. The Morgan fingerprint density at radius 1 is 1.24 bits per heavy atom. The number of aromatic nitrogens is 3. The second-order valence-corrected chi connectivity index (χ2v) is 11.0. The van der Waals surface area contributed by atoms with Gasteiger partial charge < -0.3 is 24.5 Å². The summed E-state index contributed by atoms with van der Waals surface area (Å²) in [6.45, 7) is 8.27. The Kier molecular flexibility index (Phi) is 8.82. The molecule has 0 bridgehead atoms. The smallest absolute Gasteiger partial charge is 0.323 e. The number of hydrogen-bond donors (Lipinski definition) is 2. The molecule has 2 heterocycles. The average Bonchev–Trinajstić information content (AvgIpc) is 3.49. The lowest BCUT2D eigenvalue weighted by molar-refractivity contribution is -0.151. The number of aromatic amines is 1. The van der Waals surface area contributed by atoms with Gasteiger partial charge in [0.2, 0.25) is 0 Å². The number of ether oxygens (including phenoxy) is 1. The van der Waals surface area contributed by atoms with Gasteiger partial charge in [-0.15, -0.1) is 0 Å². The Labute approximate surface area is 219 Å². The molecule has 0 radical (unpaired) electrons. The SMILES string of the molecule is Cc1cc(-c2nc3cc(CNC(CC(C)C)C(=O)OC4CCCC4)ccc3n2CCN(C)C)c[nH]c1=O. The average molecular weight is 508 g/mol. The van der Waals surface area contributed by atoms with Crippen LogP contribution in [0.5, 0.6) is 0 Å². The Morgan fingerprint density at radius 2 is 2.00 bits per heavy atom. The van der Waals surface area contributed by atoms with Crippen molar-refractivity contribution >= 4 is 17.0 Å². The number of imidazole rings is 1. The van der Waals surface area contributed by atoms with E-state index in [1.165, 1.54) is 0 Å². The number of hydrogen-bond acceptors (Lipinski definition) is 6. The zero-order valence-electron chi connectivity index (χ0n) is 22.8. The van der Waals surface area contributed by atoms with Gasteiger partial charge in [0, 0.05) is 37.0 Å². The summed E-state index contributed by atoms with van der Waals surface area (Å²) in [5.41, 5.74) is 4.47. The Balaban J connectivity index is 1.57. The van der Waals surface area contributed by atoms with Crippen LogP contribution >= 0.6 is 0 Å². The molecular weight excluding hydrogens is 466 g/mol. The fraction of sp³-hybridized carbons (Fsp3) is 0.552. The molecule has 1 unspecified atom stereocenters. The lowest BCUT2D eigenvalue weighted by Crippen LogP contribution is -2.40. The molecule has 4 rings (SSSR count). The van der Waals surface area contributed by atoms with E-state index in [9.17, 15) is 9.59 Å². The van der Waals surface area contributed by atoms with Crippen LogP contribution in [0.25, 0.3) is 22.4 Å². The Hall–Kier alpha value is -2.97. The fourth-order valence-corrected chi connectivity index (χ4v) is 4.99. The number of likely N-dealkylation sites (N-methyl/N-ethyl adjacent to an activating group) is 1. The number of pyridine rings is 1. The maximum atomic E-state index is 12.9. The molecule has 1 saturated carbocycles. The van der Waals surface area contributed by atoms with Crippen LogP contribution in [0.3, 0.4) is 0 Å². The minimum absolute atomic E-state index is 0.0708. The third-order valence-corrected chi connectivity index (χ3v) is 7.06. The van der Waals surface area contributed by atoms with Crippen LogP contribution in [0.2, 0.25) is 0 Å². The van der Waals surface area contributed by atoms with E-state index in [4.69, 9.17) is 9.72 Å². The maximum Gasteiger partial charge on any atom is 0.323 e. The van der Waals surface area contributed by atoms with Gasteiger partial charge in [-0.2, -0.15) is 0 Å². The number of H-pyrrole nitrogens is 1. The monoisotopic (exact) mass is 507 g/mol. The second kappa shape index (κ2) is 12.0. The van der Waals surface area contributed by atoms with Crippen molar-refractivity contribution in [3.05, 3.63) is 51.9 Å². The number of nitrogens with one attached hydrogen (secondary N) is 2. The maximum absolute atomic E-state index is 12.9. The summed E-state index contributed by atoms with van der Waals surface area (Å²) in [5.74, 6) is 1.08. The first-order chi connectivity index (χ1) is 17.7. The molecule has 0 amide bonds. The number of carbonyl (C=O) groups excluding carboxylic acids is 1. The number of nitrogens with zero attached hydrogens (tertiary/aromatic N) is 3. The topological polar surface area (TPSA) is 92.2 Å². The fourth-order valence-electron chi connectivity index (χ4n) is 4.99. The van der Waals surface area contributed by atoms with E-state index >= 15 is 0 Å². The molecule has 1 atom stereocenters.